The van der Waals surface area contributed by atoms with Crippen molar-refractivity contribution in [2.24, 2.45) is 0 Å². The molecule has 92 valence electrons. The van der Waals surface area contributed by atoms with Gasteiger partial charge in [-0.1, -0.05) is 29.3 Å². The highest BCUT2D eigenvalue weighted by atomic mass is 35.5. The van der Waals surface area contributed by atoms with Gasteiger partial charge in [-0.3, -0.25) is 4.79 Å². The van der Waals surface area contributed by atoms with Crippen molar-refractivity contribution in [2.45, 2.75) is 0 Å². The standard InChI is InChI=1S/C13H6Cl3FO/c14-10-2-1-3-11(15)12(10)7-4-8(13(16)18)6-9(17)5-7/h1-6H. The second-order valence-electron chi connectivity index (χ2n) is 3.60. The van der Waals surface area contributed by atoms with E-state index in [9.17, 15) is 9.18 Å². The number of carbonyl (C=O) groups is 1. The van der Waals surface area contributed by atoms with Gasteiger partial charge in [-0.2, -0.15) is 0 Å². The van der Waals surface area contributed by atoms with Crippen molar-refractivity contribution < 1.29 is 9.18 Å². The molecule has 1 nitrogen and oxygen atoms in total. The van der Waals surface area contributed by atoms with E-state index in [-0.39, 0.29) is 5.56 Å². The molecule has 0 atom stereocenters. The Labute approximate surface area is 118 Å². The van der Waals surface area contributed by atoms with Crippen LogP contribution in [-0.4, -0.2) is 5.24 Å². The van der Waals surface area contributed by atoms with E-state index in [2.05, 4.69) is 0 Å². The summed E-state index contributed by atoms with van der Waals surface area (Å²) in [5, 5.41) is 0.0149. The smallest absolute Gasteiger partial charge is 0.252 e. The van der Waals surface area contributed by atoms with E-state index in [1.165, 1.54) is 12.1 Å². The summed E-state index contributed by atoms with van der Waals surface area (Å²) in [6, 6.07) is 8.71. The minimum absolute atomic E-state index is 0.0580. The predicted molar refractivity (Wildman–Crippen MR) is 72.0 cm³/mol. The molecular formula is C13H6Cl3FO. The van der Waals surface area contributed by atoms with Crippen molar-refractivity contribution in [3.05, 3.63) is 57.8 Å². The van der Waals surface area contributed by atoms with Crippen LogP contribution in [0.3, 0.4) is 0 Å². The molecule has 0 aromatic heterocycles. The highest BCUT2D eigenvalue weighted by molar-refractivity contribution is 6.67. The van der Waals surface area contributed by atoms with Gasteiger partial charge in [-0.05, 0) is 47.5 Å². The van der Waals surface area contributed by atoms with Crippen LogP contribution in [0, 0.1) is 5.82 Å². The van der Waals surface area contributed by atoms with Gasteiger partial charge in [0.2, 0.25) is 0 Å². The molecule has 0 bridgehead atoms. The Morgan fingerprint density at radius 2 is 1.67 bits per heavy atom. The van der Waals surface area contributed by atoms with Crippen molar-refractivity contribution in [2.75, 3.05) is 0 Å². The summed E-state index contributed by atoms with van der Waals surface area (Å²) >= 11 is 17.4. The van der Waals surface area contributed by atoms with Crippen molar-refractivity contribution in [3.8, 4) is 11.1 Å². The molecule has 0 fully saturated rings. The first-order valence-corrected chi connectivity index (χ1v) is 6.07. The third-order valence-electron chi connectivity index (χ3n) is 2.38. The van der Waals surface area contributed by atoms with E-state index in [0.29, 0.717) is 21.2 Å². The lowest BCUT2D eigenvalue weighted by molar-refractivity contribution is 0.108. The van der Waals surface area contributed by atoms with E-state index >= 15 is 0 Å². The maximum absolute atomic E-state index is 13.4. The second-order valence-corrected chi connectivity index (χ2v) is 4.76. The van der Waals surface area contributed by atoms with E-state index < -0.39 is 11.1 Å². The first-order valence-electron chi connectivity index (χ1n) is 4.94. The Balaban J connectivity index is 2.68. The molecule has 0 heterocycles. The molecule has 0 aliphatic rings. The number of hydrogen-bond donors (Lipinski definition) is 0. The van der Waals surface area contributed by atoms with Gasteiger partial charge in [0.05, 0.1) is 0 Å². The van der Waals surface area contributed by atoms with Crippen molar-refractivity contribution in [1.29, 1.82) is 0 Å². The fourth-order valence-electron chi connectivity index (χ4n) is 1.62. The van der Waals surface area contributed by atoms with Crippen LogP contribution in [0.1, 0.15) is 10.4 Å². The van der Waals surface area contributed by atoms with Crippen LogP contribution in [-0.2, 0) is 0 Å². The van der Waals surface area contributed by atoms with Crippen LogP contribution in [0.2, 0.25) is 10.0 Å². The molecule has 5 heteroatoms. The number of benzene rings is 2. The summed E-state index contributed by atoms with van der Waals surface area (Å²) in [5.74, 6) is -0.576. The van der Waals surface area contributed by atoms with Gasteiger partial charge >= 0.3 is 0 Å². The lowest BCUT2D eigenvalue weighted by Gasteiger charge is -2.08. The zero-order valence-corrected chi connectivity index (χ0v) is 11.2. The van der Waals surface area contributed by atoms with Gasteiger partial charge in [-0.15, -0.1) is 0 Å². The van der Waals surface area contributed by atoms with Crippen LogP contribution in [0.15, 0.2) is 36.4 Å². The van der Waals surface area contributed by atoms with E-state index in [0.717, 1.165) is 6.07 Å². The van der Waals surface area contributed by atoms with Gasteiger partial charge < -0.3 is 0 Å². The lowest BCUT2D eigenvalue weighted by Crippen LogP contribution is -1.92. The van der Waals surface area contributed by atoms with Crippen LogP contribution >= 0.6 is 34.8 Å². The molecular weight excluding hydrogens is 297 g/mol. The van der Waals surface area contributed by atoms with Gasteiger partial charge in [-0.25, -0.2) is 4.39 Å². The van der Waals surface area contributed by atoms with Crippen LogP contribution in [0.25, 0.3) is 11.1 Å². The molecule has 0 aliphatic heterocycles. The molecule has 2 aromatic rings. The minimum Gasteiger partial charge on any atom is -0.276 e. The topological polar surface area (TPSA) is 17.1 Å². The fraction of sp³-hybridized carbons (Fsp3) is 0. The van der Waals surface area contributed by atoms with Gasteiger partial charge in [0.1, 0.15) is 5.82 Å². The van der Waals surface area contributed by atoms with Gasteiger partial charge in [0, 0.05) is 21.2 Å². The molecule has 0 saturated carbocycles. The molecule has 0 saturated heterocycles. The summed E-state index contributed by atoms with van der Waals surface area (Å²) in [5.41, 5.74) is 0.941. The zero-order valence-electron chi connectivity index (χ0n) is 8.88. The van der Waals surface area contributed by atoms with Crippen LogP contribution in [0.4, 0.5) is 4.39 Å². The average Bonchev–Trinajstić information content (AvgIpc) is 2.28. The van der Waals surface area contributed by atoms with Crippen LogP contribution in [0.5, 0.6) is 0 Å². The lowest BCUT2D eigenvalue weighted by atomic mass is 10.0. The summed E-state index contributed by atoms with van der Waals surface area (Å²) in [6.45, 7) is 0. The molecule has 18 heavy (non-hydrogen) atoms. The van der Waals surface area contributed by atoms with Crippen molar-refractivity contribution >= 4 is 40.0 Å². The first-order chi connectivity index (χ1) is 8.49. The summed E-state index contributed by atoms with van der Waals surface area (Å²) in [7, 11) is 0. The second kappa shape index (κ2) is 5.27. The number of hydrogen-bond acceptors (Lipinski definition) is 1. The molecule has 0 amide bonds. The van der Waals surface area contributed by atoms with Crippen molar-refractivity contribution in [3.63, 3.8) is 0 Å². The molecule has 0 spiro atoms. The SMILES string of the molecule is O=C(Cl)c1cc(F)cc(-c2c(Cl)cccc2Cl)c1. The average molecular weight is 304 g/mol. The first kappa shape index (κ1) is 13.3. The van der Waals surface area contributed by atoms with Crippen molar-refractivity contribution in [1.82, 2.24) is 0 Å². The van der Waals surface area contributed by atoms with Gasteiger partial charge in [0.25, 0.3) is 5.24 Å². The predicted octanol–water partition coefficient (Wildman–Crippen LogP) is 5.18. The molecule has 0 unspecified atom stereocenters. The Hall–Kier alpha value is -1.09. The van der Waals surface area contributed by atoms with E-state index in [1.807, 2.05) is 0 Å². The van der Waals surface area contributed by atoms with E-state index in [1.54, 1.807) is 18.2 Å². The number of rotatable bonds is 2. The molecule has 2 aromatic carbocycles. The summed E-state index contributed by atoms with van der Waals surface area (Å²) in [4.78, 5) is 11.1. The van der Waals surface area contributed by atoms with Gasteiger partial charge in [0.15, 0.2) is 0 Å². The minimum atomic E-state index is -0.737. The molecule has 0 N–H and O–H groups in total. The zero-order chi connectivity index (χ0) is 13.3. The summed E-state index contributed by atoms with van der Waals surface area (Å²) < 4.78 is 13.4. The maximum Gasteiger partial charge on any atom is 0.252 e. The monoisotopic (exact) mass is 302 g/mol. The van der Waals surface area contributed by atoms with Crippen LogP contribution < -0.4 is 0 Å². The Bertz CT molecular complexity index is 605. The molecule has 0 aliphatic carbocycles. The largest absolute Gasteiger partial charge is 0.276 e. The normalized spacial score (nSPS) is 10.4. The maximum atomic E-state index is 13.4. The Morgan fingerprint density at radius 3 is 2.22 bits per heavy atom. The fourth-order valence-corrected chi connectivity index (χ4v) is 2.35. The quantitative estimate of drug-likeness (QED) is 0.699. The van der Waals surface area contributed by atoms with E-state index in [4.69, 9.17) is 34.8 Å². The Morgan fingerprint density at radius 1 is 1.06 bits per heavy atom. The number of carbonyl (C=O) groups excluding carboxylic acids is 1. The summed E-state index contributed by atoms with van der Waals surface area (Å²) in [6.07, 6.45) is 0. The Kier molecular flexibility index (Phi) is 3.91. The molecule has 0 radical (unpaired) electrons. The number of halogens is 4. The third-order valence-corrected chi connectivity index (χ3v) is 3.22. The highest BCUT2D eigenvalue weighted by Gasteiger charge is 2.12. The third kappa shape index (κ3) is 2.66. The highest BCUT2D eigenvalue weighted by Crippen LogP contribution is 2.35. The molecule has 2 rings (SSSR count).